The molecule has 1 saturated heterocycles. The smallest absolute Gasteiger partial charge is 0.330 e. The van der Waals surface area contributed by atoms with Crippen molar-refractivity contribution < 1.29 is 27.2 Å². The Hall–Kier alpha value is -1.31. The molecule has 12 heteroatoms. The molecular weight excluding hydrogens is 432 g/mol. The minimum absolute atomic E-state index is 0.221. The van der Waals surface area contributed by atoms with Gasteiger partial charge in [-0.2, -0.15) is 8.42 Å². The number of nitrogens with one attached hydrogen (secondary N) is 1. The summed E-state index contributed by atoms with van der Waals surface area (Å²) in [5.74, 6) is 0. The Morgan fingerprint density at radius 3 is 2.40 bits per heavy atom. The van der Waals surface area contributed by atoms with E-state index in [1.165, 1.54) is 12.3 Å². The molecule has 0 saturated carbocycles. The monoisotopic (exact) mass is 464 g/mol. The fourth-order valence-corrected chi connectivity index (χ4v) is 7.15. The van der Waals surface area contributed by atoms with E-state index in [1.807, 2.05) is 33.9 Å². The summed E-state index contributed by atoms with van der Waals surface area (Å²) in [6.07, 6.45) is -0.962. The number of nitrogens with zero attached hydrogens (tertiary/aromatic N) is 1. The SMILES string of the molecule is CCO[C@H]1[C@H](n2ccc(=O)[nH]c2=O)O[C@H](COS(C)(=O)=O)[C@]1(O)[Si](C)(C)C(C)(C)C. The Labute approximate surface area is 177 Å². The lowest BCUT2D eigenvalue weighted by molar-refractivity contribution is -0.0760. The lowest BCUT2D eigenvalue weighted by Crippen LogP contribution is -2.70. The van der Waals surface area contributed by atoms with Gasteiger partial charge < -0.3 is 14.6 Å². The van der Waals surface area contributed by atoms with Crippen LogP contribution in [0.4, 0.5) is 0 Å². The molecule has 10 nitrogen and oxygen atoms in total. The summed E-state index contributed by atoms with van der Waals surface area (Å²) in [6.45, 7) is 11.5. The molecule has 0 spiro atoms. The summed E-state index contributed by atoms with van der Waals surface area (Å²) in [7, 11) is -6.52. The van der Waals surface area contributed by atoms with Crippen molar-refractivity contribution in [2.75, 3.05) is 19.5 Å². The molecule has 0 aromatic carbocycles. The lowest BCUT2D eigenvalue weighted by atomic mass is 10.1. The zero-order chi connectivity index (χ0) is 23.1. The number of H-pyrrole nitrogens is 1. The number of hydrogen-bond acceptors (Lipinski definition) is 8. The number of hydrogen-bond donors (Lipinski definition) is 2. The number of aliphatic hydroxyl groups is 1. The third kappa shape index (κ3) is 4.48. The van der Waals surface area contributed by atoms with Crippen molar-refractivity contribution >= 4 is 18.2 Å². The topological polar surface area (TPSA) is 137 Å². The molecule has 0 bridgehead atoms. The van der Waals surface area contributed by atoms with Crippen LogP contribution in [0, 0.1) is 0 Å². The van der Waals surface area contributed by atoms with Gasteiger partial charge in [-0.05, 0) is 12.0 Å². The van der Waals surface area contributed by atoms with Gasteiger partial charge in [0.2, 0.25) is 0 Å². The van der Waals surface area contributed by atoms with Crippen LogP contribution in [0.5, 0.6) is 0 Å². The Bertz CT molecular complexity index is 981. The number of rotatable bonds is 7. The third-order valence-electron chi connectivity index (χ3n) is 6.27. The van der Waals surface area contributed by atoms with Gasteiger partial charge in [0, 0.05) is 18.9 Å². The molecule has 2 heterocycles. The predicted molar refractivity (Wildman–Crippen MR) is 114 cm³/mol. The van der Waals surface area contributed by atoms with Gasteiger partial charge in [-0.3, -0.25) is 18.5 Å². The summed E-state index contributed by atoms with van der Waals surface area (Å²) in [6, 6.07) is 1.17. The highest BCUT2D eigenvalue weighted by Gasteiger charge is 2.67. The second-order valence-corrected chi connectivity index (χ2v) is 16.3. The van der Waals surface area contributed by atoms with Crippen LogP contribution in [0.25, 0.3) is 0 Å². The molecule has 172 valence electrons. The van der Waals surface area contributed by atoms with E-state index in [0.717, 1.165) is 10.8 Å². The Kier molecular flexibility index (Phi) is 6.92. The first-order chi connectivity index (χ1) is 13.6. The maximum Gasteiger partial charge on any atom is 0.330 e. The predicted octanol–water partition coefficient (Wildman–Crippen LogP) is 0.594. The molecule has 1 aromatic rings. The summed E-state index contributed by atoms with van der Waals surface area (Å²) >= 11 is 0. The van der Waals surface area contributed by atoms with E-state index in [1.54, 1.807) is 6.92 Å². The van der Waals surface area contributed by atoms with Gasteiger partial charge in [0.15, 0.2) is 6.23 Å². The zero-order valence-electron chi connectivity index (χ0n) is 18.5. The van der Waals surface area contributed by atoms with Crippen LogP contribution in [0.1, 0.15) is 33.9 Å². The summed E-state index contributed by atoms with van der Waals surface area (Å²) in [5, 5.41) is 10.2. The van der Waals surface area contributed by atoms with Crippen LogP contribution in [0.2, 0.25) is 18.1 Å². The van der Waals surface area contributed by atoms with Crippen molar-refractivity contribution in [3.63, 3.8) is 0 Å². The van der Waals surface area contributed by atoms with Gasteiger partial charge in [0.1, 0.15) is 17.4 Å². The largest absolute Gasteiger partial charge is 0.388 e. The maximum atomic E-state index is 12.4. The fraction of sp³-hybridized carbons (Fsp3) is 0.778. The third-order valence-corrected chi connectivity index (χ3v) is 13.2. The molecule has 0 radical (unpaired) electrons. The molecule has 1 aromatic heterocycles. The summed E-state index contributed by atoms with van der Waals surface area (Å²) < 4.78 is 41.3. The second kappa shape index (κ2) is 8.32. The fourth-order valence-electron chi connectivity index (χ4n) is 3.68. The van der Waals surface area contributed by atoms with Crippen molar-refractivity contribution in [3.8, 4) is 0 Å². The molecule has 1 aliphatic rings. The normalized spacial score (nSPS) is 28.1. The van der Waals surface area contributed by atoms with Crippen LogP contribution in [0.3, 0.4) is 0 Å². The van der Waals surface area contributed by atoms with Gasteiger partial charge in [-0.15, -0.1) is 0 Å². The first kappa shape index (κ1) is 25.0. The highest BCUT2D eigenvalue weighted by atomic mass is 32.2. The van der Waals surface area contributed by atoms with Gasteiger partial charge >= 0.3 is 5.69 Å². The summed E-state index contributed by atoms with van der Waals surface area (Å²) in [4.78, 5) is 26.1. The molecule has 4 atom stereocenters. The Morgan fingerprint density at radius 2 is 1.93 bits per heavy atom. The van der Waals surface area contributed by atoms with E-state index in [-0.39, 0.29) is 11.6 Å². The Balaban J connectivity index is 2.67. The minimum Gasteiger partial charge on any atom is -0.388 e. The first-order valence-electron chi connectivity index (χ1n) is 9.71. The standard InChI is InChI=1S/C18H32N2O8SSi/c1-8-26-14-15(20-10-9-13(21)19-16(20)22)28-12(11-27-29(5,24)25)18(14,23)30(6,7)17(2,3)4/h9-10,12,14-15,23H,8,11H2,1-7H3,(H,19,21,22)/t12-,14+,15-,18+/m1/s1. The molecule has 0 amide bonds. The van der Waals surface area contributed by atoms with E-state index < -0.39 is 59.7 Å². The molecule has 2 N–H and O–H groups in total. The van der Waals surface area contributed by atoms with Crippen molar-refractivity contribution in [2.45, 2.75) is 69.5 Å². The van der Waals surface area contributed by atoms with Crippen LogP contribution in [-0.4, -0.2) is 68.1 Å². The highest BCUT2D eigenvalue weighted by molar-refractivity contribution is 7.85. The van der Waals surface area contributed by atoms with E-state index in [4.69, 9.17) is 13.7 Å². The van der Waals surface area contributed by atoms with Gasteiger partial charge in [-0.25, -0.2) is 4.79 Å². The van der Waals surface area contributed by atoms with Crippen LogP contribution in [0.15, 0.2) is 21.9 Å². The maximum absolute atomic E-state index is 12.4. The van der Waals surface area contributed by atoms with Crippen LogP contribution in [-0.2, 0) is 23.8 Å². The number of aromatic nitrogens is 2. The zero-order valence-corrected chi connectivity index (χ0v) is 20.3. The quantitative estimate of drug-likeness (QED) is 0.442. The van der Waals surface area contributed by atoms with Gasteiger partial charge in [0.25, 0.3) is 15.7 Å². The average Bonchev–Trinajstić information content (AvgIpc) is 2.86. The van der Waals surface area contributed by atoms with Crippen molar-refractivity contribution in [1.29, 1.82) is 0 Å². The molecule has 0 unspecified atom stereocenters. The molecule has 0 aliphatic carbocycles. The second-order valence-electron chi connectivity index (χ2n) is 9.10. The number of aromatic amines is 1. The van der Waals surface area contributed by atoms with Crippen LogP contribution < -0.4 is 11.2 Å². The van der Waals surface area contributed by atoms with E-state index in [9.17, 15) is 23.1 Å². The van der Waals surface area contributed by atoms with E-state index >= 15 is 0 Å². The molecular formula is C18H32N2O8SSi. The van der Waals surface area contributed by atoms with E-state index in [0.29, 0.717) is 0 Å². The average molecular weight is 465 g/mol. The molecule has 30 heavy (non-hydrogen) atoms. The molecule has 1 aliphatic heterocycles. The highest BCUT2D eigenvalue weighted by Crippen LogP contribution is 2.52. The minimum atomic E-state index is -3.80. The lowest BCUT2D eigenvalue weighted by Gasteiger charge is -2.51. The van der Waals surface area contributed by atoms with Crippen molar-refractivity contribution in [2.24, 2.45) is 0 Å². The van der Waals surface area contributed by atoms with Crippen molar-refractivity contribution in [1.82, 2.24) is 9.55 Å². The molecule has 2 rings (SSSR count). The first-order valence-corrected chi connectivity index (χ1v) is 14.5. The van der Waals surface area contributed by atoms with Crippen LogP contribution >= 0.6 is 0 Å². The van der Waals surface area contributed by atoms with Gasteiger partial charge in [0.05, 0.1) is 20.9 Å². The molecule has 1 fully saturated rings. The van der Waals surface area contributed by atoms with E-state index in [2.05, 4.69) is 4.98 Å². The number of ether oxygens (including phenoxy) is 2. The van der Waals surface area contributed by atoms with Gasteiger partial charge in [-0.1, -0.05) is 33.9 Å². The van der Waals surface area contributed by atoms with Crippen molar-refractivity contribution in [3.05, 3.63) is 33.1 Å². The Morgan fingerprint density at radius 1 is 1.33 bits per heavy atom. The summed E-state index contributed by atoms with van der Waals surface area (Å²) in [5.41, 5.74) is -1.29.